The van der Waals surface area contributed by atoms with Crippen LogP contribution in [0.2, 0.25) is 0 Å². The number of carboxylic acids is 1. The summed E-state index contributed by atoms with van der Waals surface area (Å²) in [6.45, 7) is 6.36. The summed E-state index contributed by atoms with van der Waals surface area (Å²) >= 11 is 0. The highest BCUT2D eigenvalue weighted by molar-refractivity contribution is 5.82. The molecule has 1 heterocycles. The molecule has 0 saturated heterocycles. The Morgan fingerprint density at radius 1 is 1.21 bits per heavy atom. The number of carboxylic acid groups (broad SMARTS) is 1. The van der Waals surface area contributed by atoms with Gasteiger partial charge in [0.25, 0.3) is 0 Å². The van der Waals surface area contributed by atoms with E-state index in [9.17, 15) is 4.79 Å². The summed E-state index contributed by atoms with van der Waals surface area (Å²) in [5.74, 6) is -0.877. The van der Waals surface area contributed by atoms with Gasteiger partial charge in [0, 0.05) is 23.8 Å². The van der Waals surface area contributed by atoms with Crippen molar-refractivity contribution in [3.05, 3.63) is 47.7 Å². The van der Waals surface area contributed by atoms with E-state index in [0.717, 1.165) is 11.1 Å². The number of nitrogens with zero attached hydrogens (tertiary/aromatic N) is 1. The lowest BCUT2D eigenvalue weighted by Gasteiger charge is -2.19. The molecule has 1 atom stereocenters. The van der Waals surface area contributed by atoms with Crippen LogP contribution >= 0.6 is 0 Å². The quantitative estimate of drug-likeness (QED) is 0.596. The van der Waals surface area contributed by atoms with E-state index in [1.807, 2.05) is 6.92 Å². The second-order valence-electron chi connectivity index (χ2n) is 6.71. The Kier molecular flexibility index (Phi) is 6.65. The Labute approximate surface area is 145 Å². The van der Waals surface area contributed by atoms with Gasteiger partial charge in [0.15, 0.2) is 0 Å². The summed E-state index contributed by atoms with van der Waals surface area (Å²) in [6, 6.07) is 9.26. The van der Waals surface area contributed by atoms with E-state index < -0.39 is 5.97 Å². The SMILES string of the molecule is CCCCC(CCC)n1ccc2cc(CC(C)=CC(=O)O)ccc21. The van der Waals surface area contributed by atoms with Crippen LogP contribution < -0.4 is 0 Å². The molecule has 0 aliphatic carbocycles. The van der Waals surface area contributed by atoms with Gasteiger partial charge in [-0.05, 0) is 55.3 Å². The van der Waals surface area contributed by atoms with Crippen molar-refractivity contribution in [3.8, 4) is 0 Å². The number of fused-ring (bicyclic) bond motifs is 1. The molecule has 1 aromatic carbocycles. The van der Waals surface area contributed by atoms with Gasteiger partial charge in [-0.3, -0.25) is 0 Å². The Balaban J connectivity index is 2.25. The van der Waals surface area contributed by atoms with Gasteiger partial charge in [0.05, 0.1) is 0 Å². The average Bonchev–Trinajstić information content (AvgIpc) is 2.93. The van der Waals surface area contributed by atoms with Crippen LogP contribution in [-0.2, 0) is 11.2 Å². The molecule has 130 valence electrons. The molecule has 1 aromatic heterocycles. The maximum absolute atomic E-state index is 10.8. The van der Waals surface area contributed by atoms with Crippen molar-refractivity contribution >= 4 is 16.9 Å². The predicted octanol–water partition coefficient (Wildman–Crippen LogP) is 5.75. The summed E-state index contributed by atoms with van der Waals surface area (Å²) in [5, 5.41) is 10.1. The lowest BCUT2D eigenvalue weighted by atomic mass is 10.0. The standard InChI is InChI=1S/C21H29NO2/c1-4-6-8-19(7-5-2)22-12-11-18-15-17(9-10-20(18)22)13-16(3)14-21(23)24/h9-12,14-15,19H,4-8,13H2,1-3H3,(H,23,24). The molecule has 0 spiro atoms. The average molecular weight is 327 g/mol. The van der Waals surface area contributed by atoms with Crippen LogP contribution in [0.3, 0.4) is 0 Å². The van der Waals surface area contributed by atoms with Crippen molar-refractivity contribution < 1.29 is 9.90 Å². The minimum absolute atomic E-state index is 0.576. The predicted molar refractivity (Wildman–Crippen MR) is 101 cm³/mol. The fraction of sp³-hybridized carbons (Fsp3) is 0.476. The highest BCUT2D eigenvalue weighted by Crippen LogP contribution is 2.28. The molecule has 0 fully saturated rings. The molecule has 3 heteroatoms. The van der Waals surface area contributed by atoms with Gasteiger partial charge in [-0.2, -0.15) is 0 Å². The van der Waals surface area contributed by atoms with E-state index in [0.29, 0.717) is 12.5 Å². The number of aliphatic carboxylic acids is 1. The fourth-order valence-electron chi connectivity index (χ4n) is 3.42. The van der Waals surface area contributed by atoms with Crippen LogP contribution in [0, 0.1) is 0 Å². The Morgan fingerprint density at radius 3 is 2.67 bits per heavy atom. The van der Waals surface area contributed by atoms with Crippen LogP contribution in [0.15, 0.2) is 42.1 Å². The molecule has 0 bridgehead atoms. The Hall–Kier alpha value is -2.03. The third kappa shape index (κ3) is 4.73. The van der Waals surface area contributed by atoms with E-state index in [1.54, 1.807) is 0 Å². The molecule has 1 N–H and O–H groups in total. The number of hydrogen-bond donors (Lipinski definition) is 1. The number of carbonyl (C=O) groups is 1. The number of rotatable bonds is 9. The zero-order valence-corrected chi connectivity index (χ0v) is 15.1. The van der Waals surface area contributed by atoms with Crippen LogP contribution in [0.5, 0.6) is 0 Å². The summed E-state index contributed by atoms with van der Waals surface area (Å²) in [5.41, 5.74) is 3.32. The second kappa shape index (κ2) is 8.72. The third-order valence-corrected chi connectivity index (χ3v) is 4.54. The summed E-state index contributed by atoms with van der Waals surface area (Å²) in [6.07, 6.45) is 10.3. The molecule has 0 aliphatic heterocycles. The normalized spacial score (nSPS) is 13.4. The van der Waals surface area contributed by atoms with E-state index in [2.05, 4.69) is 48.9 Å². The van der Waals surface area contributed by atoms with E-state index in [1.165, 1.54) is 49.1 Å². The largest absolute Gasteiger partial charge is 0.478 e. The first kappa shape index (κ1) is 18.3. The molecule has 2 aromatic rings. The van der Waals surface area contributed by atoms with Crippen molar-refractivity contribution in [1.29, 1.82) is 0 Å². The molecular weight excluding hydrogens is 298 g/mol. The maximum atomic E-state index is 10.8. The van der Waals surface area contributed by atoms with Gasteiger partial charge in [-0.1, -0.05) is 44.7 Å². The fourth-order valence-corrected chi connectivity index (χ4v) is 3.42. The summed E-state index contributed by atoms with van der Waals surface area (Å²) < 4.78 is 2.43. The van der Waals surface area contributed by atoms with Gasteiger partial charge < -0.3 is 9.67 Å². The first-order valence-corrected chi connectivity index (χ1v) is 9.04. The molecule has 0 amide bonds. The monoisotopic (exact) mass is 327 g/mol. The Morgan fingerprint density at radius 2 is 2.00 bits per heavy atom. The molecule has 2 rings (SSSR count). The molecule has 3 nitrogen and oxygen atoms in total. The molecule has 1 unspecified atom stereocenters. The second-order valence-corrected chi connectivity index (χ2v) is 6.71. The molecular formula is C21H29NO2. The molecule has 24 heavy (non-hydrogen) atoms. The first-order valence-electron chi connectivity index (χ1n) is 9.04. The van der Waals surface area contributed by atoms with Gasteiger partial charge in [0.2, 0.25) is 0 Å². The molecule has 0 saturated carbocycles. The van der Waals surface area contributed by atoms with Gasteiger partial charge in [-0.15, -0.1) is 0 Å². The van der Waals surface area contributed by atoms with Crippen molar-refractivity contribution in [2.24, 2.45) is 0 Å². The van der Waals surface area contributed by atoms with Crippen LogP contribution in [0.4, 0.5) is 0 Å². The number of aromatic nitrogens is 1. The summed E-state index contributed by atoms with van der Waals surface area (Å²) in [7, 11) is 0. The van der Waals surface area contributed by atoms with Crippen LogP contribution in [0.25, 0.3) is 10.9 Å². The Bertz CT molecular complexity index is 712. The molecule has 0 radical (unpaired) electrons. The zero-order valence-electron chi connectivity index (χ0n) is 15.1. The van der Waals surface area contributed by atoms with Crippen molar-refractivity contribution in [2.75, 3.05) is 0 Å². The number of benzene rings is 1. The third-order valence-electron chi connectivity index (χ3n) is 4.54. The van der Waals surface area contributed by atoms with Crippen molar-refractivity contribution in [1.82, 2.24) is 4.57 Å². The number of allylic oxidation sites excluding steroid dienone is 1. The summed E-state index contributed by atoms with van der Waals surface area (Å²) in [4.78, 5) is 10.8. The molecule has 0 aliphatic rings. The first-order chi connectivity index (χ1) is 11.5. The van der Waals surface area contributed by atoms with E-state index in [-0.39, 0.29) is 0 Å². The minimum atomic E-state index is -0.877. The van der Waals surface area contributed by atoms with Crippen molar-refractivity contribution in [2.45, 2.75) is 65.3 Å². The maximum Gasteiger partial charge on any atom is 0.328 e. The minimum Gasteiger partial charge on any atom is -0.478 e. The smallest absolute Gasteiger partial charge is 0.328 e. The van der Waals surface area contributed by atoms with E-state index >= 15 is 0 Å². The van der Waals surface area contributed by atoms with Crippen LogP contribution in [-0.4, -0.2) is 15.6 Å². The lowest BCUT2D eigenvalue weighted by molar-refractivity contribution is -0.131. The number of hydrogen-bond acceptors (Lipinski definition) is 1. The van der Waals surface area contributed by atoms with Crippen molar-refractivity contribution in [3.63, 3.8) is 0 Å². The zero-order chi connectivity index (χ0) is 17.5. The highest BCUT2D eigenvalue weighted by Gasteiger charge is 2.12. The van der Waals surface area contributed by atoms with Gasteiger partial charge in [0.1, 0.15) is 0 Å². The topological polar surface area (TPSA) is 42.2 Å². The lowest BCUT2D eigenvalue weighted by Crippen LogP contribution is -2.07. The number of unbranched alkanes of at least 4 members (excludes halogenated alkanes) is 1. The van der Waals surface area contributed by atoms with E-state index in [4.69, 9.17) is 5.11 Å². The highest BCUT2D eigenvalue weighted by atomic mass is 16.4. The van der Waals surface area contributed by atoms with Crippen LogP contribution in [0.1, 0.15) is 64.5 Å². The van der Waals surface area contributed by atoms with Gasteiger partial charge in [-0.25, -0.2) is 4.79 Å². The van der Waals surface area contributed by atoms with Gasteiger partial charge >= 0.3 is 5.97 Å².